The molecule has 3 rings (SSSR count). The van der Waals surface area contributed by atoms with E-state index in [0.717, 1.165) is 11.6 Å². The van der Waals surface area contributed by atoms with Gasteiger partial charge in [-0.3, -0.25) is 14.9 Å². The van der Waals surface area contributed by atoms with Crippen LogP contribution >= 0.6 is 11.6 Å². The highest BCUT2D eigenvalue weighted by atomic mass is 35.5. The number of nitrogens with zero attached hydrogens (tertiary/aromatic N) is 2. The average Bonchev–Trinajstić information content (AvgIpc) is 2.75. The van der Waals surface area contributed by atoms with E-state index in [0.29, 0.717) is 5.69 Å². The van der Waals surface area contributed by atoms with Gasteiger partial charge in [-0.05, 0) is 35.9 Å². The summed E-state index contributed by atoms with van der Waals surface area (Å²) in [5.41, 5.74) is 0.844. The van der Waals surface area contributed by atoms with Crippen LogP contribution in [0.15, 0.2) is 77.7 Å². The minimum absolute atomic E-state index is 0.0600. The highest BCUT2D eigenvalue weighted by Gasteiger charge is 2.21. The number of amides is 1. The SMILES string of the molecule is CN(Cc1ccccc1)S(=O)(=O)c1ccc(NC(=O)c2cc([N+](=O)[O-])ccc2Cl)cc1. The van der Waals surface area contributed by atoms with Crippen molar-refractivity contribution < 1.29 is 18.1 Å². The highest BCUT2D eigenvalue weighted by Crippen LogP contribution is 2.24. The van der Waals surface area contributed by atoms with E-state index in [1.54, 1.807) is 0 Å². The molecule has 3 aromatic rings. The number of hydrogen-bond acceptors (Lipinski definition) is 5. The van der Waals surface area contributed by atoms with Crippen LogP contribution in [0.25, 0.3) is 0 Å². The third-order valence-electron chi connectivity index (χ3n) is 4.47. The molecule has 8 nitrogen and oxygen atoms in total. The largest absolute Gasteiger partial charge is 0.322 e. The van der Waals surface area contributed by atoms with E-state index >= 15 is 0 Å². The fourth-order valence-corrected chi connectivity index (χ4v) is 4.18. The number of anilines is 1. The number of carbonyl (C=O) groups is 1. The molecule has 10 heteroatoms. The normalized spacial score (nSPS) is 11.3. The van der Waals surface area contributed by atoms with Gasteiger partial charge in [-0.2, -0.15) is 4.31 Å². The minimum atomic E-state index is -3.73. The van der Waals surface area contributed by atoms with E-state index in [1.165, 1.54) is 47.8 Å². The second kappa shape index (κ2) is 9.25. The third kappa shape index (κ3) is 5.26. The van der Waals surface area contributed by atoms with E-state index in [4.69, 9.17) is 11.6 Å². The summed E-state index contributed by atoms with van der Waals surface area (Å²) in [6.07, 6.45) is 0. The average molecular weight is 460 g/mol. The van der Waals surface area contributed by atoms with Crippen molar-refractivity contribution in [1.82, 2.24) is 4.31 Å². The van der Waals surface area contributed by atoms with Crippen molar-refractivity contribution in [2.75, 3.05) is 12.4 Å². The molecule has 0 heterocycles. The van der Waals surface area contributed by atoms with Gasteiger partial charge in [0.15, 0.2) is 0 Å². The van der Waals surface area contributed by atoms with Crippen LogP contribution in [0.4, 0.5) is 11.4 Å². The van der Waals surface area contributed by atoms with Crippen LogP contribution in [-0.4, -0.2) is 30.6 Å². The molecule has 0 atom stereocenters. The molecule has 0 aromatic heterocycles. The van der Waals surface area contributed by atoms with Crippen LogP contribution in [0.3, 0.4) is 0 Å². The van der Waals surface area contributed by atoms with Gasteiger partial charge in [0.05, 0.1) is 20.4 Å². The van der Waals surface area contributed by atoms with E-state index in [9.17, 15) is 23.3 Å². The van der Waals surface area contributed by atoms with E-state index in [-0.39, 0.29) is 27.7 Å². The Hall–Kier alpha value is -3.27. The highest BCUT2D eigenvalue weighted by molar-refractivity contribution is 7.89. The Bertz CT molecular complexity index is 1220. The van der Waals surface area contributed by atoms with Crippen LogP contribution in [0.2, 0.25) is 5.02 Å². The maximum atomic E-state index is 12.8. The van der Waals surface area contributed by atoms with Crippen molar-refractivity contribution in [1.29, 1.82) is 0 Å². The smallest absolute Gasteiger partial charge is 0.270 e. The lowest BCUT2D eigenvalue weighted by Gasteiger charge is -2.17. The van der Waals surface area contributed by atoms with Crippen LogP contribution in [0.5, 0.6) is 0 Å². The fourth-order valence-electron chi connectivity index (χ4n) is 2.81. The number of nitro groups is 1. The van der Waals surface area contributed by atoms with E-state index in [2.05, 4.69) is 5.32 Å². The predicted molar refractivity (Wildman–Crippen MR) is 118 cm³/mol. The molecule has 0 unspecified atom stereocenters. The molecule has 0 radical (unpaired) electrons. The number of carbonyl (C=O) groups excluding carboxylic acids is 1. The first kappa shape index (κ1) is 22.4. The topological polar surface area (TPSA) is 110 Å². The van der Waals surface area contributed by atoms with Crippen LogP contribution in [0, 0.1) is 10.1 Å². The van der Waals surface area contributed by atoms with Gasteiger partial charge < -0.3 is 5.32 Å². The molecule has 1 amide bonds. The van der Waals surface area contributed by atoms with Crippen LogP contribution in [0.1, 0.15) is 15.9 Å². The first-order valence-electron chi connectivity index (χ1n) is 9.04. The van der Waals surface area contributed by atoms with Gasteiger partial charge in [0.25, 0.3) is 11.6 Å². The lowest BCUT2D eigenvalue weighted by Crippen LogP contribution is -2.26. The summed E-state index contributed by atoms with van der Waals surface area (Å²) in [5, 5.41) is 13.5. The molecular weight excluding hydrogens is 442 g/mol. The van der Waals surface area contributed by atoms with Crippen molar-refractivity contribution in [2.45, 2.75) is 11.4 Å². The van der Waals surface area contributed by atoms with Crippen molar-refractivity contribution in [3.05, 3.63) is 99.1 Å². The lowest BCUT2D eigenvalue weighted by atomic mass is 10.2. The van der Waals surface area contributed by atoms with Crippen molar-refractivity contribution >= 4 is 38.9 Å². The second-order valence-electron chi connectivity index (χ2n) is 6.65. The van der Waals surface area contributed by atoms with Gasteiger partial charge >= 0.3 is 0 Å². The molecule has 0 aliphatic heterocycles. The zero-order chi connectivity index (χ0) is 22.6. The maximum Gasteiger partial charge on any atom is 0.270 e. The molecule has 31 heavy (non-hydrogen) atoms. The quantitative estimate of drug-likeness (QED) is 0.418. The summed E-state index contributed by atoms with van der Waals surface area (Å²) in [6.45, 7) is 0.215. The van der Waals surface area contributed by atoms with Gasteiger partial charge in [0.1, 0.15) is 0 Å². The Labute approximate surface area is 184 Å². The predicted octanol–water partition coefficient (Wildman–Crippen LogP) is 4.32. The summed E-state index contributed by atoms with van der Waals surface area (Å²) in [4.78, 5) is 22.8. The lowest BCUT2D eigenvalue weighted by molar-refractivity contribution is -0.384. The summed E-state index contributed by atoms with van der Waals surface area (Å²) < 4.78 is 26.8. The number of rotatable bonds is 7. The number of benzene rings is 3. The molecule has 0 saturated heterocycles. The Morgan fingerprint density at radius 3 is 2.32 bits per heavy atom. The zero-order valence-corrected chi connectivity index (χ0v) is 17.9. The Kier molecular flexibility index (Phi) is 6.69. The van der Waals surface area contributed by atoms with Gasteiger partial charge in [-0.1, -0.05) is 41.9 Å². The van der Waals surface area contributed by atoms with Crippen molar-refractivity contribution in [3.8, 4) is 0 Å². The molecule has 3 aromatic carbocycles. The summed E-state index contributed by atoms with van der Waals surface area (Å²) >= 11 is 5.98. The van der Waals surface area contributed by atoms with Gasteiger partial charge in [-0.25, -0.2) is 8.42 Å². The number of hydrogen-bond donors (Lipinski definition) is 1. The first-order chi connectivity index (χ1) is 14.7. The number of nitrogens with one attached hydrogen (secondary N) is 1. The molecule has 0 saturated carbocycles. The summed E-state index contributed by atoms with van der Waals surface area (Å²) in [5.74, 6) is -0.648. The number of nitro benzene ring substituents is 1. The van der Waals surface area contributed by atoms with E-state index < -0.39 is 20.9 Å². The Morgan fingerprint density at radius 2 is 1.71 bits per heavy atom. The molecule has 0 aliphatic carbocycles. The molecule has 0 fully saturated rings. The second-order valence-corrected chi connectivity index (χ2v) is 9.10. The summed E-state index contributed by atoms with van der Waals surface area (Å²) in [6, 6.07) is 18.4. The molecule has 160 valence electrons. The standard InChI is InChI=1S/C21H18ClN3O5S/c1-24(14-15-5-3-2-4-6-15)31(29,30)18-10-7-16(8-11-18)23-21(26)19-13-17(25(27)28)9-12-20(19)22/h2-13H,14H2,1H3,(H,23,26). The Balaban J connectivity index is 1.75. The number of non-ortho nitro benzene ring substituents is 1. The number of sulfonamides is 1. The molecule has 1 N–H and O–H groups in total. The molecule has 0 aliphatic rings. The van der Waals surface area contributed by atoms with Crippen molar-refractivity contribution in [3.63, 3.8) is 0 Å². The van der Waals surface area contributed by atoms with E-state index in [1.807, 2.05) is 30.3 Å². The molecule has 0 bridgehead atoms. The maximum absolute atomic E-state index is 12.8. The minimum Gasteiger partial charge on any atom is -0.322 e. The monoisotopic (exact) mass is 459 g/mol. The molecular formula is C21H18ClN3O5S. The summed E-state index contributed by atoms with van der Waals surface area (Å²) in [7, 11) is -2.24. The van der Waals surface area contributed by atoms with Crippen LogP contribution < -0.4 is 5.32 Å². The fraction of sp³-hybridized carbons (Fsp3) is 0.0952. The molecule has 0 spiro atoms. The van der Waals surface area contributed by atoms with Gasteiger partial charge in [0, 0.05) is 31.4 Å². The zero-order valence-electron chi connectivity index (χ0n) is 16.4. The van der Waals surface area contributed by atoms with Gasteiger partial charge in [0.2, 0.25) is 10.0 Å². The first-order valence-corrected chi connectivity index (χ1v) is 10.9. The Morgan fingerprint density at radius 1 is 1.06 bits per heavy atom. The third-order valence-corrected chi connectivity index (χ3v) is 6.62. The number of halogens is 1. The van der Waals surface area contributed by atoms with Gasteiger partial charge in [-0.15, -0.1) is 0 Å². The van der Waals surface area contributed by atoms with Crippen LogP contribution in [-0.2, 0) is 16.6 Å². The van der Waals surface area contributed by atoms with Crippen molar-refractivity contribution in [2.24, 2.45) is 0 Å².